The Morgan fingerprint density at radius 2 is 1.97 bits per heavy atom. The Balaban J connectivity index is 1.67. The molecule has 7 nitrogen and oxygen atoms in total. The summed E-state index contributed by atoms with van der Waals surface area (Å²) in [4.78, 5) is 26.5. The number of carbonyl (C=O) groups excluding carboxylic acids is 2. The fourth-order valence-corrected chi connectivity index (χ4v) is 3.80. The number of piperidine rings is 1. The number of rotatable bonds is 6. The number of likely N-dealkylation sites (tertiary alicyclic amines) is 1. The Morgan fingerprint density at radius 1 is 1.13 bits per heavy atom. The summed E-state index contributed by atoms with van der Waals surface area (Å²) in [5.74, 6) is 1.45. The van der Waals surface area contributed by atoms with Gasteiger partial charge in [0.2, 0.25) is 0 Å². The molecule has 0 spiro atoms. The summed E-state index contributed by atoms with van der Waals surface area (Å²) in [5, 5.41) is 5.65. The van der Waals surface area contributed by atoms with E-state index in [2.05, 4.69) is 10.6 Å². The van der Waals surface area contributed by atoms with Crippen molar-refractivity contribution >= 4 is 11.9 Å². The van der Waals surface area contributed by atoms with Crippen LogP contribution in [0.4, 0.5) is 4.79 Å². The Morgan fingerprint density at radius 3 is 2.70 bits per heavy atom. The van der Waals surface area contributed by atoms with Crippen molar-refractivity contribution in [1.82, 2.24) is 15.5 Å². The van der Waals surface area contributed by atoms with Crippen LogP contribution in [0, 0.1) is 0 Å². The molecule has 2 aromatic rings. The van der Waals surface area contributed by atoms with Crippen LogP contribution in [0.1, 0.15) is 40.2 Å². The summed E-state index contributed by atoms with van der Waals surface area (Å²) in [5.41, 5.74) is 2.56. The standard InChI is InChI=1S/C23H29N3O4/c1-24-23(28)26-11-5-8-19(15-26)16-6-4-7-17(12-16)22(27)25-14-18-9-10-20(29-2)13-21(18)30-3/h4,6-7,9-10,12-13,19H,5,8,11,14-15H2,1-3H3,(H,24,28)(H,25,27)/t19-/m0/s1. The van der Waals surface area contributed by atoms with Crippen molar-refractivity contribution in [3.8, 4) is 11.5 Å². The summed E-state index contributed by atoms with van der Waals surface area (Å²) in [6.45, 7) is 1.78. The molecule has 3 amide bonds. The van der Waals surface area contributed by atoms with E-state index in [4.69, 9.17) is 9.47 Å². The van der Waals surface area contributed by atoms with E-state index in [1.165, 1.54) is 0 Å². The summed E-state index contributed by atoms with van der Waals surface area (Å²) in [6, 6.07) is 13.1. The van der Waals surface area contributed by atoms with Gasteiger partial charge in [-0.3, -0.25) is 4.79 Å². The zero-order valence-corrected chi connectivity index (χ0v) is 17.7. The maximum Gasteiger partial charge on any atom is 0.317 e. The zero-order chi connectivity index (χ0) is 21.5. The largest absolute Gasteiger partial charge is 0.497 e. The van der Waals surface area contributed by atoms with Crippen LogP contribution in [0.15, 0.2) is 42.5 Å². The molecule has 0 aromatic heterocycles. The Kier molecular flexibility index (Phi) is 7.17. The lowest BCUT2D eigenvalue weighted by atomic mass is 9.89. The minimum absolute atomic E-state index is 0.0537. The molecule has 7 heteroatoms. The van der Waals surface area contributed by atoms with Gasteiger partial charge < -0.3 is 25.0 Å². The molecule has 0 aliphatic carbocycles. The highest BCUT2D eigenvalue weighted by molar-refractivity contribution is 5.94. The van der Waals surface area contributed by atoms with Crippen molar-refractivity contribution in [3.05, 3.63) is 59.2 Å². The Labute approximate surface area is 177 Å². The average molecular weight is 412 g/mol. The second-order valence-corrected chi connectivity index (χ2v) is 7.33. The molecule has 0 saturated carbocycles. The van der Waals surface area contributed by atoms with Gasteiger partial charge in [0.1, 0.15) is 11.5 Å². The Hall–Kier alpha value is -3.22. The van der Waals surface area contributed by atoms with Crippen molar-refractivity contribution in [2.75, 3.05) is 34.4 Å². The third kappa shape index (κ3) is 5.03. The lowest BCUT2D eigenvalue weighted by molar-refractivity contribution is 0.0950. The SMILES string of the molecule is CNC(=O)N1CCC[C@H](c2cccc(C(=O)NCc3ccc(OC)cc3OC)c2)C1. The van der Waals surface area contributed by atoms with Crippen LogP contribution in [0.3, 0.4) is 0 Å². The Bertz CT molecular complexity index is 900. The molecular formula is C23H29N3O4. The maximum absolute atomic E-state index is 12.7. The predicted octanol–water partition coefficient (Wildman–Crippen LogP) is 3.15. The van der Waals surface area contributed by atoms with E-state index >= 15 is 0 Å². The third-order valence-corrected chi connectivity index (χ3v) is 5.48. The van der Waals surface area contributed by atoms with Crippen LogP contribution >= 0.6 is 0 Å². The van der Waals surface area contributed by atoms with Crippen molar-refractivity contribution in [3.63, 3.8) is 0 Å². The molecule has 0 bridgehead atoms. The van der Waals surface area contributed by atoms with E-state index < -0.39 is 0 Å². The lowest BCUT2D eigenvalue weighted by Gasteiger charge is -2.32. The molecule has 0 radical (unpaired) electrons. The predicted molar refractivity (Wildman–Crippen MR) is 115 cm³/mol. The van der Waals surface area contributed by atoms with Crippen LogP contribution < -0.4 is 20.1 Å². The zero-order valence-electron chi connectivity index (χ0n) is 17.7. The third-order valence-electron chi connectivity index (χ3n) is 5.48. The summed E-state index contributed by atoms with van der Waals surface area (Å²) < 4.78 is 10.6. The highest BCUT2D eigenvalue weighted by atomic mass is 16.5. The van der Waals surface area contributed by atoms with Crippen molar-refractivity contribution in [2.45, 2.75) is 25.3 Å². The number of nitrogens with one attached hydrogen (secondary N) is 2. The van der Waals surface area contributed by atoms with Crippen molar-refractivity contribution < 1.29 is 19.1 Å². The van der Waals surface area contributed by atoms with E-state index in [0.29, 0.717) is 30.2 Å². The van der Waals surface area contributed by atoms with E-state index in [9.17, 15) is 9.59 Å². The fraction of sp³-hybridized carbons (Fsp3) is 0.391. The number of ether oxygens (including phenoxy) is 2. The lowest BCUT2D eigenvalue weighted by Crippen LogP contribution is -2.43. The van der Waals surface area contributed by atoms with Crippen LogP contribution in [-0.4, -0.2) is 51.2 Å². The van der Waals surface area contributed by atoms with Gasteiger partial charge in [0, 0.05) is 49.8 Å². The highest BCUT2D eigenvalue weighted by Crippen LogP contribution is 2.28. The summed E-state index contributed by atoms with van der Waals surface area (Å²) in [6.07, 6.45) is 1.95. The van der Waals surface area contributed by atoms with Gasteiger partial charge in [-0.1, -0.05) is 12.1 Å². The molecule has 1 aliphatic heterocycles. The van der Waals surface area contributed by atoms with Gasteiger partial charge >= 0.3 is 6.03 Å². The number of carbonyl (C=O) groups is 2. The number of hydrogen-bond donors (Lipinski definition) is 2. The first-order chi connectivity index (χ1) is 14.5. The van der Waals surface area contributed by atoms with Crippen molar-refractivity contribution in [2.24, 2.45) is 0 Å². The molecular weight excluding hydrogens is 382 g/mol. The second-order valence-electron chi connectivity index (χ2n) is 7.33. The van der Waals surface area contributed by atoms with Crippen LogP contribution in [0.5, 0.6) is 11.5 Å². The molecule has 1 aliphatic rings. The van der Waals surface area contributed by atoms with Gasteiger partial charge in [0.25, 0.3) is 5.91 Å². The van der Waals surface area contributed by atoms with E-state index in [-0.39, 0.29) is 17.9 Å². The van der Waals surface area contributed by atoms with Gasteiger partial charge in [0.15, 0.2) is 0 Å². The van der Waals surface area contributed by atoms with Gasteiger partial charge in [-0.05, 0) is 42.7 Å². The molecule has 2 N–H and O–H groups in total. The smallest absolute Gasteiger partial charge is 0.317 e. The topological polar surface area (TPSA) is 79.9 Å². The molecule has 1 saturated heterocycles. The summed E-state index contributed by atoms with van der Waals surface area (Å²) >= 11 is 0. The monoisotopic (exact) mass is 411 g/mol. The molecule has 1 heterocycles. The van der Waals surface area contributed by atoms with Crippen molar-refractivity contribution in [1.29, 1.82) is 0 Å². The summed E-state index contributed by atoms with van der Waals surface area (Å²) in [7, 11) is 4.84. The minimum atomic E-state index is -0.145. The fourth-order valence-electron chi connectivity index (χ4n) is 3.80. The molecule has 30 heavy (non-hydrogen) atoms. The maximum atomic E-state index is 12.7. The first-order valence-corrected chi connectivity index (χ1v) is 10.1. The minimum Gasteiger partial charge on any atom is -0.497 e. The van der Waals surface area contributed by atoms with Gasteiger partial charge in [0.05, 0.1) is 14.2 Å². The molecule has 1 atom stereocenters. The van der Waals surface area contributed by atoms with Gasteiger partial charge in [-0.2, -0.15) is 0 Å². The number of methoxy groups -OCH3 is 2. The second kappa shape index (κ2) is 10.0. The van der Waals surface area contributed by atoms with E-state index in [1.54, 1.807) is 27.3 Å². The molecule has 160 valence electrons. The highest BCUT2D eigenvalue weighted by Gasteiger charge is 2.24. The van der Waals surface area contributed by atoms with Crippen LogP contribution in [-0.2, 0) is 6.54 Å². The van der Waals surface area contributed by atoms with E-state index in [1.807, 2.05) is 41.3 Å². The van der Waals surface area contributed by atoms with Gasteiger partial charge in [-0.15, -0.1) is 0 Å². The number of urea groups is 1. The van der Waals surface area contributed by atoms with Gasteiger partial charge in [-0.25, -0.2) is 4.79 Å². The number of nitrogens with zero attached hydrogens (tertiary/aromatic N) is 1. The quantitative estimate of drug-likeness (QED) is 0.765. The number of hydrogen-bond acceptors (Lipinski definition) is 4. The van der Waals surface area contributed by atoms with Crippen LogP contribution in [0.25, 0.3) is 0 Å². The number of benzene rings is 2. The molecule has 1 fully saturated rings. The average Bonchev–Trinajstić information content (AvgIpc) is 2.81. The first-order valence-electron chi connectivity index (χ1n) is 10.1. The normalized spacial score (nSPS) is 16.0. The first kappa shape index (κ1) is 21.5. The van der Waals surface area contributed by atoms with E-state index in [0.717, 1.165) is 30.5 Å². The number of amides is 3. The van der Waals surface area contributed by atoms with Crippen LogP contribution in [0.2, 0.25) is 0 Å². The molecule has 2 aromatic carbocycles. The molecule has 3 rings (SSSR count). The molecule has 0 unspecified atom stereocenters.